The highest BCUT2D eigenvalue weighted by Crippen LogP contribution is 2.27. The number of amides is 1. The normalized spacial score (nSPS) is 16.7. The Morgan fingerprint density at radius 3 is 2.56 bits per heavy atom. The number of carbonyl (C=O) groups is 1. The number of likely N-dealkylation sites (tertiary alicyclic amines) is 1. The number of hydrogen-bond donors (Lipinski definition) is 0. The van der Waals surface area contributed by atoms with E-state index in [4.69, 9.17) is 9.47 Å². The summed E-state index contributed by atoms with van der Waals surface area (Å²) in [6.07, 6.45) is 2.49. The van der Waals surface area contributed by atoms with Gasteiger partial charge in [0.1, 0.15) is 0 Å². The number of hydrogen-bond acceptors (Lipinski definition) is 3. The van der Waals surface area contributed by atoms with Gasteiger partial charge in [-0.25, -0.2) is 0 Å². The van der Waals surface area contributed by atoms with E-state index in [2.05, 4.69) is 0 Å². The molecule has 4 nitrogen and oxygen atoms in total. The Morgan fingerprint density at radius 2 is 1.80 bits per heavy atom. The first-order valence-corrected chi connectivity index (χ1v) is 8.84. The Bertz CT molecular complexity index is 687. The van der Waals surface area contributed by atoms with E-state index < -0.39 is 0 Å². The van der Waals surface area contributed by atoms with Crippen LogP contribution >= 0.6 is 0 Å². The van der Waals surface area contributed by atoms with Gasteiger partial charge in [-0.15, -0.1) is 0 Å². The fourth-order valence-corrected chi connectivity index (χ4v) is 3.25. The Balaban J connectivity index is 1.43. The standard InChI is InChI=1S/C21H25NO3/c1-24-19-9-5-6-10-20(19)25-14-12-18-11-13-22(16-18)21(23)15-17-7-3-2-4-8-17/h2-10,18H,11-16H2,1H3. The Morgan fingerprint density at radius 1 is 1.08 bits per heavy atom. The molecule has 0 saturated carbocycles. The molecule has 2 aromatic carbocycles. The molecule has 3 rings (SSSR count). The van der Waals surface area contributed by atoms with E-state index in [9.17, 15) is 4.79 Å². The van der Waals surface area contributed by atoms with Gasteiger partial charge in [0, 0.05) is 13.1 Å². The van der Waals surface area contributed by atoms with Gasteiger partial charge in [-0.1, -0.05) is 42.5 Å². The van der Waals surface area contributed by atoms with Crippen molar-refractivity contribution in [2.75, 3.05) is 26.8 Å². The van der Waals surface area contributed by atoms with Crippen LogP contribution in [0.25, 0.3) is 0 Å². The Labute approximate surface area is 149 Å². The van der Waals surface area contributed by atoms with Gasteiger partial charge >= 0.3 is 0 Å². The van der Waals surface area contributed by atoms with Crippen molar-refractivity contribution < 1.29 is 14.3 Å². The summed E-state index contributed by atoms with van der Waals surface area (Å²) in [5.41, 5.74) is 1.08. The average Bonchev–Trinajstić information content (AvgIpc) is 3.12. The summed E-state index contributed by atoms with van der Waals surface area (Å²) in [5.74, 6) is 2.27. The van der Waals surface area contributed by atoms with Gasteiger partial charge in [0.05, 0.1) is 20.1 Å². The highest BCUT2D eigenvalue weighted by Gasteiger charge is 2.26. The number of carbonyl (C=O) groups excluding carboxylic acids is 1. The fourth-order valence-electron chi connectivity index (χ4n) is 3.25. The molecular formula is C21H25NO3. The molecule has 1 aliphatic heterocycles. The largest absolute Gasteiger partial charge is 0.493 e. The minimum atomic E-state index is 0.222. The Kier molecular flexibility index (Phi) is 5.94. The first-order chi connectivity index (χ1) is 12.3. The maximum atomic E-state index is 12.4. The van der Waals surface area contributed by atoms with Gasteiger partial charge in [-0.3, -0.25) is 4.79 Å². The van der Waals surface area contributed by atoms with E-state index in [1.54, 1.807) is 7.11 Å². The fraction of sp³-hybridized carbons (Fsp3) is 0.381. The van der Waals surface area contributed by atoms with Crippen LogP contribution in [0.4, 0.5) is 0 Å². The van der Waals surface area contributed by atoms with Crippen molar-refractivity contribution in [1.29, 1.82) is 0 Å². The summed E-state index contributed by atoms with van der Waals surface area (Å²) < 4.78 is 11.1. The lowest BCUT2D eigenvalue weighted by molar-refractivity contribution is -0.129. The van der Waals surface area contributed by atoms with Crippen LogP contribution in [0.15, 0.2) is 54.6 Å². The maximum absolute atomic E-state index is 12.4. The van der Waals surface area contributed by atoms with Crippen LogP contribution in [-0.2, 0) is 11.2 Å². The molecule has 2 aromatic rings. The zero-order chi connectivity index (χ0) is 17.5. The van der Waals surface area contributed by atoms with Crippen LogP contribution in [0.5, 0.6) is 11.5 Å². The van der Waals surface area contributed by atoms with Crippen LogP contribution in [-0.4, -0.2) is 37.6 Å². The maximum Gasteiger partial charge on any atom is 0.226 e. The topological polar surface area (TPSA) is 38.8 Å². The SMILES string of the molecule is COc1ccccc1OCCC1CCN(C(=O)Cc2ccccc2)C1. The second kappa shape index (κ2) is 8.56. The van der Waals surface area contributed by atoms with Gasteiger partial charge in [0.2, 0.25) is 5.91 Å². The molecule has 0 radical (unpaired) electrons. The molecule has 4 heteroatoms. The number of ether oxygens (including phenoxy) is 2. The van der Waals surface area contributed by atoms with Crippen molar-refractivity contribution in [2.24, 2.45) is 5.92 Å². The number of benzene rings is 2. The molecule has 1 atom stereocenters. The highest BCUT2D eigenvalue weighted by atomic mass is 16.5. The highest BCUT2D eigenvalue weighted by molar-refractivity contribution is 5.79. The van der Waals surface area contributed by atoms with Crippen molar-refractivity contribution >= 4 is 5.91 Å². The molecule has 0 aliphatic carbocycles. The molecular weight excluding hydrogens is 314 g/mol. The van der Waals surface area contributed by atoms with E-state index in [0.29, 0.717) is 18.9 Å². The zero-order valence-corrected chi connectivity index (χ0v) is 14.7. The molecule has 0 aromatic heterocycles. The van der Waals surface area contributed by atoms with Gasteiger partial charge in [0.15, 0.2) is 11.5 Å². The average molecular weight is 339 g/mol. The molecule has 1 heterocycles. The molecule has 1 fully saturated rings. The molecule has 25 heavy (non-hydrogen) atoms. The Hall–Kier alpha value is -2.49. The first kappa shape index (κ1) is 17.3. The van der Waals surface area contributed by atoms with Crippen molar-refractivity contribution in [3.8, 4) is 11.5 Å². The molecule has 1 aliphatic rings. The number of nitrogens with zero attached hydrogens (tertiary/aromatic N) is 1. The van der Waals surface area contributed by atoms with E-state index in [1.807, 2.05) is 59.5 Å². The smallest absolute Gasteiger partial charge is 0.226 e. The molecule has 0 spiro atoms. The number of rotatable bonds is 7. The monoisotopic (exact) mass is 339 g/mol. The van der Waals surface area contributed by atoms with E-state index in [-0.39, 0.29) is 5.91 Å². The molecule has 1 saturated heterocycles. The summed E-state index contributed by atoms with van der Waals surface area (Å²) in [7, 11) is 1.65. The lowest BCUT2D eigenvalue weighted by Crippen LogP contribution is -2.30. The van der Waals surface area contributed by atoms with Gasteiger partial charge < -0.3 is 14.4 Å². The van der Waals surface area contributed by atoms with Crippen LogP contribution in [0.2, 0.25) is 0 Å². The van der Waals surface area contributed by atoms with Gasteiger partial charge in [0.25, 0.3) is 0 Å². The third-order valence-corrected chi connectivity index (χ3v) is 4.69. The van der Waals surface area contributed by atoms with E-state index >= 15 is 0 Å². The third-order valence-electron chi connectivity index (χ3n) is 4.69. The zero-order valence-electron chi connectivity index (χ0n) is 14.7. The molecule has 0 bridgehead atoms. The van der Waals surface area contributed by atoms with Crippen molar-refractivity contribution in [3.05, 3.63) is 60.2 Å². The van der Waals surface area contributed by atoms with Crippen LogP contribution in [0, 0.1) is 5.92 Å². The van der Waals surface area contributed by atoms with Crippen LogP contribution in [0.1, 0.15) is 18.4 Å². The quantitative estimate of drug-likeness (QED) is 0.774. The lowest BCUT2D eigenvalue weighted by Gasteiger charge is -2.17. The second-order valence-electron chi connectivity index (χ2n) is 6.44. The van der Waals surface area contributed by atoms with E-state index in [1.165, 1.54) is 0 Å². The summed E-state index contributed by atoms with van der Waals surface area (Å²) in [4.78, 5) is 14.4. The minimum absolute atomic E-state index is 0.222. The van der Waals surface area contributed by atoms with Crippen molar-refractivity contribution in [2.45, 2.75) is 19.3 Å². The van der Waals surface area contributed by atoms with Crippen molar-refractivity contribution in [3.63, 3.8) is 0 Å². The molecule has 0 N–H and O–H groups in total. The first-order valence-electron chi connectivity index (χ1n) is 8.84. The minimum Gasteiger partial charge on any atom is -0.493 e. The van der Waals surface area contributed by atoms with Gasteiger partial charge in [-0.2, -0.15) is 0 Å². The lowest BCUT2D eigenvalue weighted by atomic mass is 10.1. The van der Waals surface area contributed by atoms with Crippen LogP contribution < -0.4 is 9.47 Å². The van der Waals surface area contributed by atoms with Crippen LogP contribution in [0.3, 0.4) is 0 Å². The summed E-state index contributed by atoms with van der Waals surface area (Å²) in [6, 6.07) is 17.6. The predicted molar refractivity (Wildman–Crippen MR) is 97.9 cm³/mol. The summed E-state index contributed by atoms with van der Waals surface area (Å²) in [5, 5.41) is 0. The number of para-hydroxylation sites is 2. The summed E-state index contributed by atoms with van der Waals surface area (Å²) in [6.45, 7) is 2.33. The molecule has 132 valence electrons. The van der Waals surface area contributed by atoms with Gasteiger partial charge in [-0.05, 0) is 36.5 Å². The summed E-state index contributed by atoms with van der Waals surface area (Å²) >= 11 is 0. The second-order valence-corrected chi connectivity index (χ2v) is 6.44. The molecule has 1 unspecified atom stereocenters. The number of methoxy groups -OCH3 is 1. The van der Waals surface area contributed by atoms with Crippen molar-refractivity contribution in [1.82, 2.24) is 4.90 Å². The third kappa shape index (κ3) is 4.75. The predicted octanol–water partition coefficient (Wildman–Crippen LogP) is 3.56. The van der Waals surface area contributed by atoms with E-state index in [0.717, 1.165) is 43.0 Å². The molecule has 1 amide bonds.